The average Bonchev–Trinajstić information content (AvgIpc) is 3.15. The van der Waals surface area contributed by atoms with Crippen LogP contribution in [0.5, 0.6) is 0 Å². The van der Waals surface area contributed by atoms with Gasteiger partial charge in [0.15, 0.2) is 0 Å². The Morgan fingerprint density at radius 1 is 1.19 bits per heavy atom. The van der Waals surface area contributed by atoms with E-state index in [4.69, 9.17) is 0 Å². The van der Waals surface area contributed by atoms with Crippen molar-refractivity contribution < 1.29 is 9.59 Å². The predicted molar refractivity (Wildman–Crippen MR) is 104 cm³/mol. The SMILES string of the molecule is C[C@@H]1CN(C(=O)c2cccc(NC(=O)c3ccc4nc[nH]c4c3)c2)CCN1. The van der Waals surface area contributed by atoms with Gasteiger partial charge < -0.3 is 20.5 Å². The summed E-state index contributed by atoms with van der Waals surface area (Å²) in [5.74, 6) is -0.245. The van der Waals surface area contributed by atoms with Crippen molar-refractivity contribution in [3.8, 4) is 0 Å². The highest BCUT2D eigenvalue weighted by Gasteiger charge is 2.21. The maximum atomic E-state index is 12.7. The van der Waals surface area contributed by atoms with Crippen LogP contribution in [0.3, 0.4) is 0 Å². The molecule has 1 atom stereocenters. The second kappa shape index (κ2) is 7.20. The minimum atomic E-state index is -0.230. The first-order valence-corrected chi connectivity index (χ1v) is 8.97. The van der Waals surface area contributed by atoms with Crippen molar-refractivity contribution in [3.63, 3.8) is 0 Å². The van der Waals surface area contributed by atoms with Crippen LogP contribution in [0.4, 0.5) is 5.69 Å². The summed E-state index contributed by atoms with van der Waals surface area (Å²) in [6.07, 6.45) is 1.60. The molecule has 2 heterocycles. The third kappa shape index (κ3) is 3.68. The molecule has 0 aliphatic carbocycles. The number of aromatic amines is 1. The zero-order valence-corrected chi connectivity index (χ0v) is 15.0. The molecule has 7 heteroatoms. The number of piperazine rings is 1. The first-order chi connectivity index (χ1) is 13.1. The Morgan fingerprint density at radius 2 is 2.07 bits per heavy atom. The van der Waals surface area contributed by atoms with Crippen LogP contribution < -0.4 is 10.6 Å². The van der Waals surface area contributed by atoms with E-state index in [1.165, 1.54) is 0 Å². The molecule has 1 aliphatic rings. The zero-order valence-electron chi connectivity index (χ0n) is 15.0. The Labute approximate surface area is 156 Å². The van der Waals surface area contributed by atoms with Crippen molar-refractivity contribution in [2.75, 3.05) is 25.0 Å². The molecule has 3 N–H and O–H groups in total. The quantitative estimate of drug-likeness (QED) is 0.666. The predicted octanol–water partition coefficient (Wildman–Crippen LogP) is 2.25. The summed E-state index contributed by atoms with van der Waals surface area (Å²) in [4.78, 5) is 34.3. The fourth-order valence-corrected chi connectivity index (χ4v) is 3.31. The van der Waals surface area contributed by atoms with Gasteiger partial charge in [0.05, 0.1) is 17.4 Å². The van der Waals surface area contributed by atoms with E-state index in [9.17, 15) is 9.59 Å². The fraction of sp³-hybridized carbons (Fsp3) is 0.250. The number of benzene rings is 2. The molecule has 1 saturated heterocycles. The zero-order chi connectivity index (χ0) is 18.8. The van der Waals surface area contributed by atoms with Gasteiger partial charge in [-0.2, -0.15) is 0 Å². The van der Waals surface area contributed by atoms with E-state index in [1.807, 2.05) is 4.90 Å². The molecule has 2 amide bonds. The van der Waals surface area contributed by atoms with E-state index in [-0.39, 0.29) is 17.9 Å². The van der Waals surface area contributed by atoms with Crippen LogP contribution in [0.1, 0.15) is 27.6 Å². The number of nitrogens with zero attached hydrogens (tertiary/aromatic N) is 2. The third-order valence-corrected chi connectivity index (χ3v) is 4.71. The van der Waals surface area contributed by atoms with Gasteiger partial charge in [-0.1, -0.05) is 6.07 Å². The van der Waals surface area contributed by atoms with Gasteiger partial charge >= 0.3 is 0 Å². The number of hydrogen-bond acceptors (Lipinski definition) is 4. The second-order valence-electron chi connectivity index (χ2n) is 6.78. The largest absolute Gasteiger partial charge is 0.345 e. The first kappa shape index (κ1) is 17.2. The highest BCUT2D eigenvalue weighted by atomic mass is 16.2. The number of rotatable bonds is 3. The van der Waals surface area contributed by atoms with Gasteiger partial charge in [-0.15, -0.1) is 0 Å². The van der Waals surface area contributed by atoms with Gasteiger partial charge in [0.1, 0.15) is 0 Å². The van der Waals surface area contributed by atoms with Crippen LogP contribution in [0.2, 0.25) is 0 Å². The van der Waals surface area contributed by atoms with Crippen LogP contribution in [0, 0.1) is 0 Å². The van der Waals surface area contributed by atoms with Crippen molar-refractivity contribution in [3.05, 3.63) is 59.9 Å². The molecule has 1 aromatic heterocycles. The number of carbonyl (C=O) groups is 2. The Balaban J connectivity index is 1.50. The number of imidazole rings is 1. The molecule has 0 unspecified atom stereocenters. The standard InChI is InChI=1S/C20H21N5O2/c1-13-11-25(8-7-21-13)20(27)15-3-2-4-16(9-15)24-19(26)14-5-6-17-18(10-14)23-12-22-17/h2-6,9-10,12-13,21H,7-8,11H2,1H3,(H,22,23)(H,24,26)/t13-/m1/s1. The molecule has 1 fully saturated rings. The average molecular weight is 363 g/mol. The molecular formula is C20H21N5O2. The van der Waals surface area contributed by atoms with Crippen LogP contribution in [0.25, 0.3) is 11.0 Å². The highest BCUT2D eigenvalue weighted by Crippen LogP contribution is 2.17. The van der Waals surface area contributed by atoms with Crippen LogP contribution in [-0.2, 0) is 0 Å². The monoisotopic (exact) mass is 363 g/mol. The van der Waals surface area contributed by atoms with Gasteiger partial charge in [0.25, 0.3) is 11.8 Å². The summed E-state index contributed by atoms with van der Waals surface area (Å²) in [5.41, 5.74) is 3.31. The molecule has 2 aromatic carbocycles. The summed E-state index contributed by atoms with van der Waals surface area (Å²) in [6.45, 7) is 4.22. The fourth-order valence-electron chi connectivity index (χ4n) is 3.31. The highest BCUT2D eigenvalue weighted by molar-refractivity contribution is 6.06. The summed E-state index contributed by atoms with van der Waals surface area (Å²) >= 11 is 0. The van der Waals surface area contributed by atoms with E-state index in [0.717, 1.165) is 17.6 Å². The molecule has 7 nitrogen and oxygen atoms in total. The van der Waals surface area contributed by atoms with E-state index >= 15 is 0 Å². The first-order valence-electron chi connectivity index (χ1n) is 8.97. The van der Waals surface area contributed by atoms with Gasteiger partial charge in [-0.05, 0) is 43.3 Å². The lowest BCUT2D eigenvalue weighted by Crippen LogP contribution is -2.51. The van der Waals surface area contributed by atoms with Gasteiger partial charge in [0.2, 0.25) is 0 Å². The van der Waals surface area contributed by atoms with Crippen LogP contribution >= 0.6 is 0 Å². The molecule has 0 saturated carbocycles. The lowest BCUT2D eigenvalue weighted by Gasteiger charge is -2.32. The molecule has 4 rings (SSSR count). The maximum absolute atomic E-state index is 12.7. The van der Waals surface area contributed by atoms with Crippen molar-refractivity contribution in [2.45, 2.75) is 13.0 Å². The summed E-state index contributed by atoms with van der Waals surface area (Å²) in [5, 5.41) is 6.19. The van der Waals surface area contributed by atoms with Crippen molar-refractivity contribution in [1.82, 2.24) is 20.2 Å². The van der Waals surface area contributed by atoms with Gasteiger partial charge in [0, 0.05) is 42.5 Å². The number of carbonyl (C=O) groups excluding carboxylic acids is 2. The van der Waals surface area contributed by atoms with Gasteiger partial charge in [-0.25, -0.2) is 4.98 Å². The molecule has 0 spiro atoms. The van der Waals surface area contributed by atoms with Crippen LogP contribution in [-0.4, -0.2) is 52.4 Å². The number of anilines is 1. The third-order valence-electron chi connectivity index (χ3n) is 4.71. The summed E-state index contributed by atoms with van der Waals surface area (Å²) in [6, 6.07) is 12.6. The Bertz CT molecular complexity index is 997. The molecule has 27 heavy (non-hydrogen) atoms. The Morgan fingerprint density at radius 3 is 2.93 bits per heavy atom. The van der Waals surface area contributed by atoms with E-state index < -0.39 is 0 Å². The molecule has 0 bridgehead atoms. The molecule has 3 aromatic rings. The number of nitrogens with one attached hydrogen (secondary N) is 3. The molecular weight excluding hydrogens is 342 g/mol. The maximum Gasteiger partial charge on any atom is 0.255 e. The minimum absolute atomic E-state index is 0.0154. The number of hydrogen-bond donors (Lipinski definition) is 3. The smallest absolute Gasteiger partial charge is 0.255 e. The van der Waals surface area contributed by atoms with Crippen molar-refractivity contribution in [1.29, 1.82) is 0 Å². The molecule has 1 aliphatic heterocycles. The van der Waals surface area contributed by atoms with E-state index in [2.05, 4.69) is 27.5 Å². The normalized spacial score (nSPS) is 17.1. The minimum Gasteiger partial charge on any atom is -0.345 e. The number of amides is 2. The lowest BCUT2D eigenvalue weighted by atomic mass is 10.1. The Kier molecular flexibility index (Phi) is 4.60. The van der Waals surface area contributed by atoms with Crippen molar-refractivity contribution >= 4 is 28.5 Å². The number of H-pyrrole nitrogens is 1. The van der Waals surface area contributed by atoms with Gasteiger partial charge in [-0.3, -0.25) is 9.59 Å². The molecule has 138 valence electrons. The van der Waals surface area contributed by atoms with E-state index in [0.29, 0.717) is 29.9 Å². The van der Waals surface area contributed by atoms with Crippen LogP contribution in [0.15, 0.2) is 48.8 Å². The van der Waals surface area contributed by atoms with Crippen molar-refractivity contribution in [2.24, 2.45) is 0 Å². The van der Waals surface area contributed by atoms with E-state index in [1.54, 1.807) is 48.8 Å². The summed E-state index contributed by atoms with van der Waals surface area (Å²) < 4.78 is 0. The topological polar surface area (TPSA) is 90.1 Å². The lowest BCUT2D eigenvalue weighted by molar-refractivity contribution is 0.0709. The second-order valence-corrected chi connectivity index (χ2v) is 6.78. The number of aromatic nitrogens is 2. The number of fused-ring (bicyclic) bond motifs is 1. The summed E-state index contributed by atoms with van der Waals surface area (Å²) in [7, 11) is 0. The Hall–Kier alpha value is -3.19. The molecule has 0 radical (unpaired) electrons.